The maximum atomic E-state index is 12.9. The number of carbonyl (C=O) groups is 1. The molecule has 6 heteroatoms. The van der Waals surface area contributed by atoms with E-state index in [0.29, 0.717) is 25.2 Å². The Hall–Kier alpha value is -3.12. The minimum absolute atomic E-state index is 0.0674. The minimum Gasteiger partial charge on any atom is -0.497 e. The molecule has 0 spiro atoms. The van der Waals surface area contributed by atoms with E-state index in [1.54, 1.807) is 24.6 Å². The van der Waals surface area contributed by atoms with Crippen LogP contribution in [0.25, 0.3) is 10.2 Å². The van der Waals surface area contributed by atoms with E-state index >= 15 is 0 Å². The second-order valence-electron chi connectivity index (χ2n) is 6.48. The monoisotopic (exact) mass is 391 g/mol. The summed E-state index contributed by atoms with van der Waals surface area (Å²) >= 11 is 1.64. The zero-order chi connectivity index (χ0) is 19.3. The van der Waals surface area contributed by atoms with Gasteiger partial charge in [0.15, 0.2) is 0 Å². The number of amides is 1. The first-order valence-electron chi connectivity index (χ1n) is 9.12. The molecule has 0 radical (unpaired) electrons. The molecule has 0 aliphatic carbocycles. The Balaban J connectivity index is 1.54. The fourth-order valence-electron chi connectivity index (χ4n) is 3.21. The second kappa shape index (κ2) is 8.27. The second-order valence-corrected chi connectivity index (χ2v) is 7.37. The molecule has 1 amide bonds. The van der Waals surface area contributed by atoms with E-state index in [-0.39, 0.29) is 5.91 Å². The van der Waals surface area contributed by atoms with Crippen LogP contribution in [0, 0.1) is 0 Å². The van der Waals surface area contributed by atoms with Crippen LogP contribution in [-0.4, -0.2) is 29.1 Å². The van der Waals surface area contributed by atoms with Crippen LogP contribution in [-0.2, 0) is 13.0 Å². The Morgan fingerprint density at radius 3 is 2.93 bits per heavy atom. The number of benzene rings is 1. The van der Waals surface area contributed by atoms with Crippen LogP contribution in [0.3, 0.4) is 0 Å². The Bertz CT molecular complexity index is 1090. The zero-order valence-electron chi connectivity index (χ0n) is 15.6. The van der Waals surface area contributed by atoms with E-state index in [0.717, 1.165) is 27.2 Å². The highest BCUT2D eigenvalue weighted by Crippen LogP contribution is 2.27. The Morgan fingerprint density at radius 2 is 2.11 bits per heavy atom. The number of rotatable bonds is 7. The molecular weight excluding hydrogens is 370 g/mol. The molecule has 0 saturated heterocycles. The van der Waals surface area contributed by atoms with Gasteiger partial charge >= 0.3 is 0 Å². The highest BCUT2D eigenvalue weighted by atomic mass is 32.1. The summed E-state index contributed by atoms with van der Waals surface area (Å²) < 4.78 is 7.40. The summed E-state index contributed by atoms with van der Waals surface area (Å²) in [6, 6.07) is 17.8. The number of aromatic nitrogens is 2. The number of nitrogens with one attached hydrogen (secondary N) is 1. The summed E-state index contributed by atoms with van der Waals surface area (Å²) in [5.74, 6) is 0.746. The van der Waals surface area contributed by atoms with Crippen molar-refractivity contribution < 1.29 is 9.53 Å². The van der Waals surface area contributed by atoms with Crippen molar-refractivity contribution in [2.75, 3.05) is 13.7 Å². The third kappa shape index (κ3) is 3.92. The van der Waals surface area contributed by atoms with E-state index in [9.17, 15) is 4.79 Å². The first kappa shape index (κ1) is 18.3. The van der Waals surface area contributed by atoms with Crippen molar-refractivity contribution >= 4 is 27.5 Å². The van der Waals surface area contributed by atoms with Crippen molar-refractivity contribution in [2.24, 2.45) is 0 Å². The van der Waals surface area contributed by atoms with Crippen molar-refractivity contribution in [1.82, 2.24) is 14.9 Å². The largest absolute Gasteiger partial charge is 0.497 e. The average Bonchev–Trinajstić information content (AvgIpc) is 3.32. The molecule has 1 N–H and O–H groups in total. The number of pyridine rings is 1. The topological polar surface area (TPSA) is 56.1 Å². The summed E-state index contributed by atoms with van der Waals surface area (Å²) in [5, 5.41) is 6.16. The summed E-state index contributed by atoms with van der Waals surface area (Å²) in [6.07, 6.45) is 2.47. The zero-order valence-corrected chi connectivity index (χ0v) is 16.4. The van der Waals surface area contributed by atoms with Crippen LogP contribution in [0.4, 0.5) is 0 Å². The van der Waals surface area contributed by atoms with Crippen molar-refractivity contribution in [3.63, 3.8) is 0 Å². The van der Waals surface area contributed by atoms with Gasteiger partial charge in [0.25, 0.3) is 5.91 Å². The smallest absolute Gasteiger partial charge is 0.267 e. The summed E-state index contributed by atoms with van der Waals surface area (Å²) in [7, 11) is 1.66. The highest BCUT2D eigenvalue weighted by Gasteiger charge is 2.17. The molecule has 0 bridgehead atoms. The van der Waals surface area contributed by atoms with Crippen molar-refractivity contribution in [1.29, 1.82) is 0 Å². The Labute approximate surface area is 167 Å². The molecule has 0 unspecified atom stereocenters. The van der Waals surface area contributed by atoms with Crippen LogP contribution >= 0.6 is 11.3 Å². The average molecular weight is 391 g/mol. The van der Waals surface area contributed by atoms with Gasteiger partial charge in [-0.3, -0.25) is 9.78 Å². The standard InChI is InChI=1S/C22H21N3O2S/c1-27-19-7-4-5-16(13-19)15-25-20(14-17-9-12-28-22(17)25)21(26)24-11-8-18-6-2-3-10-23-18/h2-7,9-10,12-14H,8,11,15H2,1H3,(H,24,26). The molecule has 0 aliphatic rings. The molecule has 0 atom stereocenters. The summed E-state index contributed by atoms with van der Waals surface area (Å²) in [5.41, 5.74) is 2.73. The number of methoxy groups -OCH3 is 1. The maximum Gasteiger partial charge on any atom is 0.267 e. The van der Waals surface area contributed by atoms with Crippen LogP contribution in [0.15, 0.2) is 66.2 Å². The Morgan fingerprint density at radius 1 is 1.18 bits per heavy atom. The number of thiophene rings is 1. The predicted octanol–water partition coefficient (Wildman–Crippen LogP) is 4.13. The molecule has 5 nitrogen and oxygen atoms in total. The first-order valence-corrected chi connectivity index (χ1v) is 10.0. The van der Waals surface area contributed by atoms with E-state index in [4.69, 9.17) is 4.74 Å². The fourth-order valence-corrected chi connectivity index (χ4v) is 4.11. The molecule has 142 valence electrons. The predicted molar refractivity (Wildman–Crippen MR) is 112 cm³/mol. The number of fused-ring (bicyclic) bond motifs is 1. The molecule has 28 heavy (non-hydrogen) atoms. The van der Waals surface area contributed by atoms with Crippen LogP contribution in [0.2, 0.25) is 0 Å². The van der Waals surface area contributed by atoms with Crippen LogP contribution < -0.4 is 10.1 Å². The van der Waals surface area contributed by atoms with E-state index in [2.05, 4.69) is 20.2 Å². The lowest BCUT2D eigenvalue weighted by Crippen LogP contribution is -2.28. The van der Waals surface area contributed by atoms with Crippen molar-refractivity contribution in [3.05, 3.63) is 83.1 Å². The van der Waals surface area contributed by atoms with Gasteiger partial charge in [0.05, 0.1) is 7.11 Å². The maximum absolute atomic E-state index is 12.9. The third-order valence-corrected chi connectivity index (χ3v) is 5.55. The molecule has 0 fully saturated rings. The number of nitrogens with zero attached hydrogens (tertiary/aromatic N) is 2. The van der Waals surface area contributed by atoms with Gasteiger partial charge in [-0.05, 0) is 47.3 Å². The van der Waals surface area contributed by atoms with Gasteiger partial charge < -0.3 is 14.6 Å². The van der Waals surface area contributed by atoms with Crippen LogP contribution in [0.1, 0.15) is 21.7 Å². The third-order valence-electron chi connectivity index (χ3n) is 4.60. The van der Waals surface area contributed by atoms with Gasteiger partial charge in [-0.15, -0.1) is 11.3 Å². The van der Waals surface area contributed by atoms with Crippen molar-refractivity contribution in [2.45, 2.75) is 13.0 Å². The Kier molecular flexibility index (Phi) is 5.39. The van der Waals surface area contributed by atoms with Gasteiger partial charge in [-0.1, -0.05) is 18.2 Å². The van der Waals surface area contributed by atoms with E-state index in [1.165, 1.54) is 0 Å². The molecule has 3 aromatic heterocycles. The molecule has 0 aliphatic heterocycles. The molecule has 1 aromatic carbocycles. The molecule has 3 heterocycles. The van der Waals surface area contributed by atoms with Gasteiger partial charge in [0.1, 0.15) is 16.3 Å². The van der Waals surface area contributed by atoms with Gasteiger partial charge in [0, 0.05) is 36.8 Å². The van der Waals surface area contributed by atoms with Gasteiger partial charge in [-0.2, -0.15) is 0 Å². The van der Waals surface area contributed by atoms with E-state index < -0.39 is 0 Å². The highest BCUT2D eigenvalue weighted by molar-refractivity contribution is 7.16. The SMILES string of the molecule is COc1cccc(Cn2c(C(=O)NCCc3ccccn3)cc3ccsc32)c1. The quantitative estimate of drug-likeness (QED) is 0.515. The summed E-state index contributed by atoms with van der Waals surface area (Å²) in [4.78, 5) is 18.3. The van der Waals surface area contributed by atoms with Gasteiger partial charge in [0.2, 0.25) is 0 Å². The van der Waals surface area contributed by atoms with E-state index in [1.807, 2.05) is 54.6 Å². The molecule has 0 saturated carbocycles. The van der Waals surface area contributed by atoms with Crippen molar-refractivity contribution in [3.8, 4) is 5.75 Å². The molecule has 4 aromatic rings. The lowest BCUT2D eigenvalue weighted by molar-refractivity contribution is 0.0946. The summed E-state index contributed by atoms with van der Waals surface area (Å²) in [6.45, 7) is 1.16. The minimum atomic E-state index is -0.0674. The number of hydrogen-bond acceptors (Lipinski definition) is 4. The number of carbonyl (C=O) groups excluding carboxylic acids is 1. The van der Waals surface area contributed by atoms with Crippen LogP contribution in [0.5, 0.6) is 5.75 Å². The first-order chi connectivity index (χ1) is 13.7. The fraction of sp³-hybridized carbons (Fsp3) is 0.182. The molecule has 4 rings (SSSR count). The normalized spacial score (nSPS) is 10.9. The number of ether oxygens (including phenoxy) is 1. The lowest BCUT2D eigenvalue weighted by Gasteiger charge is -2.11. The number of hydrogen-bond donors (Lipinski definition) is 1. The lowest BCUT2D eigenvalue weighted by atomic mass is 10.2. The molecular formula is C22H21N3O2S. The van der Waals surface area contributed by atoms with Gasteiger partial charge in [-0.25, -0.2) is 0 Å².